The molecule has 0 amide bonds. The molecule has 1 aliphatic rings. The number of rotatable bonds is 1. The van der Waals surface area contributed by atoms with E-state index < -0.39 is 0 Å². The third kappa shape index (κ3) is 1.53. The highest BCUT2D eigenvalue weighted by Crippen LogP contribution is 2.24. The lowest BCUT2D eigenvalue weighted by molar-refractivity contribution is 0.148. The minimum Gasteiger partial charge on any atom is -0.498 e. The number of allylic oxidation sites excluding steroid dienone is 2. The molecule has 0 saturated carbocycles. The van der Waals surface area contributed by atoms with Gasteiger partial charge in [0.15, 0.2) is 0 Å². The van der Waals surface area contributed by atoms with Gasteiger partial charge in [-0.15, -0.1) is 0 Å². The average molecular weight is 140 g/mol. The monoisotopic (exact) mass is 140 g/mol. The van der Waals surface area contributed by atoms with Crippen LogP contribution in [0.15, 0.2) is 11.3 Å². The molecule has 1 heteroatoms. The highest BCUT2D eigenvalue weighted by Gasteiger charge is 2.14. The Balaban J connectivity index is 2.62. The predicted molar refractivity (Wildman–Crippen MR) is 42.7 cm³/mol. The fourth-order valence-corrected chi connectivity index (χ4v) is 1.39. The van der Waals surface area contributed by atoms with Crippen molar-refractivity contribution in [2.24, 2.45) is 5.92 Å². The van der Waals surface area contributed by atoms with E-state index in [0.29, 0.717) is 0 Å². The fraction of sp³-hybridized carbons (Fsp3) is 0.778. The van der Waals surface area contributed by atoms with Gasteiger partial charge in [-0.3, -0.25) is 0 Å². The summed E-state index contributed by atoms with van der Waals surface area (Å²) in [6.07, 6.45) is 2.39. The SMILES string of the molecule is CCC1=C(C)OCC(C)C1. The summed E-state index contributed by atoms with van der Waals surface area (Å²) in [6.45, 7) is 7.42. The molecule has 1 aliphatic heterocycles. The molecule has 1 unspecified atom stereocenters. The first-order valence-electron chi connectivity index (χ1n) is 4.05. The molecule has 1 atom stereocenters. The quantitative estimate of drug-likeness (QED) is 0.544. The zero-order valence-electron chi connectivity index (χ0n) is 7.11. The van der Waals surface area contributed by atoms with Crippen molar-refractivity contribution in [3.63, 3.8) is 0 Å². The molecule has 0 aromatic carbocycles. The number of hydrogen-bond acceptors (Lipinski definition) is 1. The summed E-state index contributed by atoms with van der Waals surface area (Å²) in [4.78, 5) is 0. The van der Waals surface area contributed by atoms with Crippen molar-refractivity contribution in [1.82, 2.24) is 0 Å². The number of hydrogen-bond donors (Lipinski definition) is 0. The standard InChI is InChI=1S/C9H16O/c1-4-9-5-7(2)6-10-8(9)3/h7H,4-6H2,1-3H3. The van der Waals surface area contributed by atoms with Crippen molar-refractivity contribution in [1.29, 1.82) is 0 Å². The Bertz CT molecular complexity index is 147. The highest BCUT2D eigenvalue weighted by molar-refractivity contribution is 5.09. The molecule has 1 heterocycles. The Morgan fingerprint density at radius 2 is 2.30 bits per heavy atom. The van der Waals surface area contributed by atoms with E-state index in [9.17, 15) is 0 Å². The molecule has 0 N–H and O–H groups in total. The molecule has 0 fully saturated rings. The maximum absolute atomic E-state index is 5.47. The van der Waals surface area contributed by atoms with Gasteiger partial charge < -0.3 is 4.74 Å². The second-order valence-corrected chi connectivity index (χ2v) is 3.13. The van der Waals surface area contributed by atoms with Crippen molar-refractivity contribution in [3.8, 4) is 0 Å². The third-order valence-corrected chi connectivity index (χ3v) is 2.10. The van der Waals surface area contributed by atoms with Crippen LogP contribution < -0.4 is 0 Å². The van der Waals surface area contributed by atoms with Gasteiger partial charge in [0, 0.05) is 0 Å². The van der Waals surface area contributed by atoms with Gasteiger partial charge in [0.2, 0.25) is 0 Å². The van der Waals surface area contributed by atoms with Crippen LogP contribution in [0.25, 0.3) is 0 Å². The molecular formula is C9H16O. The maximum Gasteiger partial charge on any atom is 0.0920 e. The van der Waals surface area contributed by atoms with Crippen LogP contribution in [0.3, 0.4) is 0 Å². The molecule has 1 rings (SSSR count). The molecule has 1 nitrogen and oxygen atoms in total. The molecule has 10 heavy (non-hydrogen) atoms. The van der Waals surface area contributed by atoms with Crippen LogP contribution in [0.2, 0.25) is 0 Å². The maximum atomic E-state index is 5.47. The first-order chi connectivity index (χ1) is 4.74. The van der Waals surface area contributed by atoms with Gasteiger partial charge in [-0.2, -0.15) is 0 Å². The average Bonchev–Trinajstić information content (AvgIpc) is 1.94. The minimum absolute atomic E-state index is 0.721. The molecule has 0 bridgehead atoms. The van der Waals surface area contributed by atoms with Gasteiger partial charge in [0.25, 0.3) is 0 Å². The van der Waals surface area contributed by atoms with Crippen LogP contribution in [0.5, 0.6) is 0 Å². The van der Waals surface area contributed by atoms with E-state index in [-0.39, 0.29) is 0 Å². The lowest BCUT2D eigenvalue weighted by Gasteiger charge is -2.23. The van der Waals surface area contributed by atoms with Crippen LogP contribution in [-0.2, 0) is 4.74 Å². The van der Waals surface area contributed by atoms with Crippen molar-refractivity contribution in [2.45, 2.75) is 33.6 Å². The van der Waals surface area contributed by atoms with Crippen LogP contribution >= 0.6 is 0 Å². The van der Waals surface area contributed by atoms with Crippen molar-refractivity contribution >= 4 is 0 Å². The molecule has 0 radical (unpaired) electrons. The van der Waals surface area contributed by atoms with Gasteiger partial charge in [-0.25, -0.2) is 0 Å². The molecule has 0 aliphatic carbocycles. The minimum atomic E-state index is 0.721. The summed E-state index contributed by atoms with van der Waals surface area (Å²) in [5, 5.41) is 0. The first kappa shape index (κ1) is 7.64. The highest BCUT2D eigenvalue weighted by atomic mass is 16.5. The summed E-state index contributed by atoms with van der Waals surface area (Å²) < 4.78 is 5.47. The van der Waals surface area contributed by atoms with Crippen LogP contribution in [0.4, 0.5) is 0 Å². The van der Waals surface area contributed by atoms with E-state index >= 15 is 0 Å². The van der Waals surface area contributed by atoms with Gasteiger partial charge in [0.1, 0.15) is 0 Å². The van der Waals surface area contributed by atoms with E-state index in [4.69, 9.17) is 4.74 Å². The fourth-order valence-electron chi connectivity index (χ4n) is 1.39. The Morgan fingerprint density at radius 3 is 2.80 bits per heavy atom. The third-order valence-electron chi connectivity index (χ3n) is 2.10. The summed E-state index contributed by atoms with van der Waals surface area (Å²) in [7, 11) is 0. The van der Waals surface area contributed by atoms with E-state index in [1.165, 1.54) is 17.8 Å². The molecule has 0 aromatic rings. The Hall–Kier alpha value is -0.460. The lowest BCUT2D eigenvalue weighted by atomic mass is 9.97. The van der Waals surface area contributed by atoms with E-state index in [1.54, 1.807) is 0 Å². The van der Waals surface area contributed by atoms with Crippen molar-refractivity contribution in [2.75, 3.05) is 6.61 Å². The van der Waals surface area contributed by atoms with Crippen molar-refractivity contribution in [3.05, 3.63) is 11.3 Å². The summed E-state index contributed by atoms with van der Waals surface area (Å²) >= 11 is 0. The van der Waals surface area contributed by atoms with E-state index in [1.807, 2.05) is 0 Å². The smallest absolute Gasteiger partial charge is 0.0920 e. The van der Waals surface area contributed by atoms with Gasteiger partial charge in [-0.05, 0) is 31.3 Å². The normalized spacial score (nSPS) is 26.5. The van der Waals surface area contributed by atoms with Gasteiger partial charge in [-0.1, -0.05) is 13.8 Å². The molecule has 58 valence electrons. The van der Waals surface area contributed by atoms with Gasteiger partial charge >= 0.3 is 0 Å². The van der Waals surface area contributed by atoms with E-state index in [0.717, 1.165) is 18.9 Å². The van der Waals surface area contributed by atoms with Crippen LogP contribution in [0, 0.1) is 5.92 Å². The summed E-state index contributed by atoms with van der Waals surface area (Å²) in [6, 6.07) is 0. The van der Waals surface area contributed by atoms with Gasteiger partial charge in [0.05, 0.1) is 12.4 Å². The zero-order valence-corrected chi connectivity index (χ0v) is 7.11. The summed E-state index contributed by atoms with van der Waals surface area (Å²) in [5.74, 6) is 1.89. The van der Waals surface area contributed by atoms with E-state index in [2.05, 4.69) is 20.8 Å². The van der Waals surface area contributed by atoms with Crippen LogP contribution in [-0.4, -0.2) is 6.61 Å². The zero-order chi connectivity index (χ0) is 7.56. The molecule has 0 saturated heterocycles. The molecule has 0 spiro atoms. The predicted octanol–water partition coefficient (Wildman–Crippen LogP) is 2.73. The number of ether oxygens (including phenoxy) is 1. The molecular weight excluding hydrogens is 124 g/mol. The Labute approximate surface area is 63.1 Å². The first-order valence-corrected chi connectivity index (χ1v) is 4.05. The Morgan fingerprint density at radius 1 is 1.60 bits per heavy atom. The van der Waals surface area contributed by atoms with Crippen molar-refractivity contribution < 1.29 is 4.74 Å². The molecule has 0 aromatic heterocycles. The lowest BCUT2D eigenvalue weighted by Crippen LogP contribution is -2.13. The van der Waals surface area contributed by atoms with Crippen LogP contribution in [0.1, 0.15) is 33.6 Å². The second kappa shape index (κ2) is 3.09. The largest absolute Gasteiger partial charge is 0.498 e. The summed E-state index contributed by atoms with van der Waals surface area (Å²) in [5.41, 5.74) is 1.50. The Kier molecular flexibility index (Phi) is 2.36. The second-order valence-electron chi connectivity index (χ2n) is 3.13. The topological polar surface area (TPSA) is 9.23 Å².